The normalized spacial score (nSPS) is 12.6. The number of para-hydroxylation sites is 1. The van der Waals surface area contributed by atoms with Gasteiger partial charge in [-0.2, -0.15) is 0 Å². The van der Waals surface area contributed by atoms with Gasteiger partial charge in [0.25, 0.3) is 0 Å². The Hall–Kier alpha value is -0.0731. The molecule has 0 fully saturated rings. The van der Waals surface area contributed by atoms with E-state index in [0.29, 0.717) is 6.61 Å². The molecule has 1 N–H and O–H groups in total. The topological polar surface area (TPSA) is 29.5 Å². The molecule has 0 spiro atoms. The van der Waals surface area contributed by atoms with Crippen molar-refractivity contribution in [3.63, 3.8) is 0 Å². The molecule has 0 aliphatic rings. The van der Waals surface area contributed by atoms with E-state index in [-0.39, 0.29) is 5.04 Å². The number of hydrogen-bond acceptors (Lipinski definition) is 2. The van der Waals surface area contributed by atoms with Gasteiger partial charge in [0.05, 0.1) is 10.2 Å². The Balaban J connectivity index is 2.38. The summed E-state index contributed by atoms with van der Waals surface area (Å²) in [6, 6.07) is 8.05. The van der Waals surface area contributed by atoms with Gasteiger partial charge in [-0.1, -0.05) is 26.0 Å². The van der Waals surface area contributed by atoms with E-state index in [9.17, 15) is 4.80 Å². The fraction of sp³-hybridized carbons (Fsp3) is 0.571. The van der Waals surface area contributed by atoms with E-state index in [1.54, 1.807) is 0 Å². The molecule has 0 saturated heterocycles. The summed E-state index contributed by atoms with van der Waals surface area (Å²) < 4.78 is 6.92. The van der Waals surface area contributed by atoms with Crippen LogP contribution in [-0.4, -0.2) is 19.7 Å². The maximum absolute atomic E-state index is 10.2. The largest absolute Gasteiger partial charge is 0.492 e. The molecule has 0 aromatic heterocycles. The van der Waals surface area contributed by atoms with Crippen molar-refractivity contribution in [2.75, 3.05) is 6.61 Å². The fourth-order valence-electron chi connectivity index (χ4n) is 1.56. The van der Waals surface area contributed by atoms with Crippen molar-refractivity contribution in [1.29, 1.82) is 0 Å². The SMILES string of the molecule is CC(C)(CCCOc1ccccc1I)[Si](C)(C)O. The molecule has 102 valence electrons. The van der Waals surface area contributed by atoms with Crippen LogP contribution in [0, 0.1) is 3.57 Å². The second kappa shape index (κ2) is 6.39. The average molecular weight is 378 g/mol. The molecular weight excluding hydrogens is 355 g/mol. The van der Waals surface area contributed by atoms with Gasteiger partial charge in [0.2, 0.25) is 0 Å². The van der Waals surface area contributed by atoms with Crippen LogP contribution in [0.1, 0.15) is 26.7 Å². The summed E-state index contributed by atoms with van der Waals surface area (Å²) in [4.78, 5) is 10.2. The van der Waals surface area contributed by atoms with Gasteiger partial charge >= 0.3 is 0 Å². The minimum Gasteiger partial charge on any atom is -0.492 e. The quantitative estimate of drug-likeness (QED) is 0.451. The highest BCUT2D eigenvalue weighted by Gasteiger charge is 2.37. The summed E-state index contributed by atoms with van der Waals surface area (Å²) in [6.45, 7) is 9.05. The van der Waals surface area contributed by atoms with Gasteiger partial charge in [0.15, 0.2) is 8.32 Å². The number of ether oxygens (including phenoxy) is 1. The van der Waals surface area contributed by atoms with Crippen LogP contribution >= 0.6 is 22.6 Å². The highest BCUT2D eigenvalue weighted by Crippen LogP contribution is 2.39. The molecule has 0 atom stereocenters. The van der Waals surface area contributed by atoms with Crippen LogP contribution < -0.4 is 4.74 Å². The summed E-state index contributed by atoms with van der Waals surface area (Å²) in [6.07, 6.45) is 1.99. The maximum atomic E-state index is 10.2. The first-order chi connectivity index (χ1) is 8.24. The molecule has 0 radical (unpaired) electrons. The first kappa shape index (κ1) is 16.0. The number of rotatable bonds is 6. The van der Waals surface area contributed by atoms with Gasteiger partial charge < -0.3 is 9.53 Å². The van der Waals surface area contributed by atoms with Gasteiger partial charge in [0, 0.05) is 0 Å². The lowest BCUT2D eigenvalue weighted by Crippen LogP contribution is -2.39. The summed E-state index contributed by atoms with van der Waals surface area (Å²) in [7, 11) is -2.08. The molecular formula is C14H23IO2Si. The minimum absolute atomic E-state index is 0.0419. The van der Waals surface area contributed by atoms with Crippen molar-refractivity contribution in [2.45, 2.75) is 44.8 Å². The molecule has 0 aliphatic carbocycles. The summed E-state index contributed by atoms with van der Waals surface area (Å²) in [5.41, 5.74) is 0. The van der Waals surface area contributed by atoms with Crippen molar-refractivity contribution < 1.29 is 9.53 Å². The highest BCUT2D eigenvalue weighted by molar-refractivity contribution is 14.1. The third kappa shape index (κ3) is 4.55. The molecule has 0 unspecified atom stereocenters. The molecule has 4 heteroatoms. The van der Waals surface area contributed by atoms with Crippen molar-refractivity contribution in [2.24, 2.45) is 0 Å². The molecule has 1 rings (SSSR count). The summed E-state index contributed by atoms with van der Waals surface area (Å²) in [5, 5.41) is 0.0419. The molecule has 0 heterocycles. The van der Waals surface area contributed by atoms with Crippen molar-refractivity contribution in [3.8, 4) is 5.75 Å². The number of halogens is 1. The van der Waals surface area contributed by atoms with Gasteiger partial charge in [-0.05, 0) is 65.7 Å². The number of hydrogen-bond donors (Lipinski definition) is 1. The Morgan fingerprint density at radius 1 is 1.28 bits per heavy atom. The molecule has 0 saturated carbocycles. The summed E-state index contributed by atoms with van der Waals surface area (Å²) in [5.74, 6) is 0.955. The van der Waals surface area contributed by atoms with E-state index in [1.807, 2.05) is 37.4 Å². The molecule has 0 amide bonds. The zero-order valence-electron chi connectivity index (χ0n) is 11.7. The predicted molar refractivity (Wildman–Crippen MR) is 87.6 cm³/mol. The van der Waals surface area contributed by atoms with Crippen molar-refractivity contribution in [3.05, 3.63) is 27.8 Å². The average Bonchev–Trinajstić information content (AvgIpc) is 2.25. The van der Waals surface area contributed by atoms with E-state index in [0.717, 1.165) is 22.2 Å². The van der Waals surface area contributed by atoms with Crippen LogP contribution in [0.15, 0.2) is 24.3 Å². The molecule has 18 heavy (non-hydrogen) atoms. The summed E-state index contributed by atoms with van der Waals surface area (Å²) >= 11 is 2.28. The lowest BCUT2D eigenvalue weighted by atomic mass is 10.1. The van der Waals surface area contributed by atoms with E-state index < -0.39 is 8.32 Å². The number of benzene rings is 1. The van der Waals surface area contributed by atoms with Crippen LogP contribution in [-0.2, 0) is 0 Å². The predicted octanol–water partition coefficient (Wildman–Crippen LogP) is 4.43. The van der Waals surface area contributed by atoms with E-state index >= 15 is 0 Å². The van der Waals surface area contributed by atoms with Crippen LogP contribution in [0.25, 0.3) is 0 Å². The fourth-order valence-corrected chi connectivity index (χ4v) is 2.90. The third-order valence-corrected chi connectivity index (χ3v) is 8.15. The second-order valence-corrected chi connectivity index (χ2v) is 11.5. The van der Waals surface area contributed by atoms with Crippen LogP contribution in [0.5, 0.6) is 5.75 Å². The zero-order valence-corrected chi connectivity index (χ0v) is 14.8. The smallest absolute Gasteiger partial charge is 0.188 e. The third-order valence-electron chi connectivity index (χ3n) is 3.70. The Morgan fingerprint density at radius 3 is 2.44 bits per heavy atom. The van der Waals surface area contributed by atoms with Gasteiger partial charge in [0.1, 0.15) is 5.75 Å². The standard InChI is InChI=1S/C14H23IO2Si/c1-14(2,18(3,4)16)10-7-11-17-13-9-6-5-8-12(13)15/h5-6,8-9,16H,7,10-11H2,1-4H3. The van der Waals surface area contributed by atoms with Crippen LogP contribution in [0.3, 0.4) is 0 Å². The first-order valence-corrected chi connectivity index (χ1v) is 10.4. The van der Waals surface area contributed by atoms with Crippen LogP contribution in [0.4, 0.5) is 0 Å². The zero-order chi connectivity index (χ0) is 13.8. The van der Waals surface area contributed by atoms with Gasteiger partial charge in [-0.25, -0.2) is 0 Å². The second-order valence-electron chi connectivity index (χ2n) is 5.83. The molecule has 2 nitrogen and oxygen atoms in total. The molecule has 1 aromatic carbocycles. The molecule has 0 aliphatic heterocycles. The monoisotopic (exact) mass is 378 g/mol. The lowest BCUT2D eigenvalue weighted by Gasteiger charge is -2.35. The van der Waals surface area contributed by atoms with Crippen LogP contribution in [0.2, 0.25) is 18.1 Å². The Morgan fingerprint density at radius 2 is 1.89 bits per heavy atom. The maximum Gasteiger partial charge on any atom is 0.188 e. The Kier molecular flexibility index (Phi) is 5.67. The molecule has 1 aromatic rings. The van der Waals surface area contributed by atoms with Gasteiger partial charge in [-0.15, -0.1) is 0 Å². The highest BCUT2D eigenvalue weighted by atomic mass is 127. The first-order valence-electron chi connectivity index (χ1n) is 6.34. The van der Waals surface area contributed by atoms with Crippen molar-refractivity contribution in [1.82, 2.24) is 0 Å². The van der Waals surface area contributed by atoms with Gasteiger partial charge in [-0.3, -0.25) is 0 Å². The van der Waals surface area contributed by atoms with E-state index in [1.165, 1.54) is 0 Å². The van der Waals surface area contributed by atoms with E-state index in [4.69, 9.17) is 4.74 Å². The van der Waals surface area contributed by atoms with Crippen molar-refractivity contribution >= 4 is 30.9 Å². The Bertz CT molecular complexity index is 386. The Labute approximate surface area is 125 Å². The lowest BCUT2D eigenvalue weighted by molar-refractivity contribution is 0.292. The minimum atomic E-state index is -2.08. The molecule has 0 bridgehead atoms. The van der Waals surface area contributed by atoms with E-state index in [2.05, 4.69) is 36.4 Å².